The van der Waals surface area contributed by atoms with Crippen LogP contribution in [0.5, 0.6) is 0 Å². The minimum Gasteiger partial charge on any atom is -0.326 e. The first kappa shape index (κ1) is 21.0. The molecule has 0 aliphatic carbocycles. The van der Waals surface area contributed by atoms with Crippen LogP contribution in [0.15, 0.2) is 52.7 Å². The van der Waals surface area contributed by atoms with Crippen molar-refractivity contribution in [1.82, 2.24) is 0 Å². The number of amides is 1. The van der Waals surface area contributed by atoms with Gasteiger partial charge in [-0.25, -0.2) is 8.42 Å². The van der Waals surface area contributed by atoms with Crippen molar-refractivity contribution in [3.8, 4) is 10.4 Å². The highest BCUT2D eigenvalue weighted by Crippen LogP contribution is 2.38. The van der Waals surface area contributed by atoms with Crippen molar-refractivity contribution in [3.05, 3.63) is 62.9 Å². The van der Waals surface area contributed by atoms with Crippen LogP contribution in [-0.2, 0) is 14.8 Å². The lowest BCUT2D eigenvalue weighted by atomic mass is 10.1. The minimum atomic E-state index is -4.04. The fraction of sp³-hybridized carbons (Fsp3) is 0.0556. The molecule has 0 saturated heterocycles. The van der Waals surface area contributed by atoms with Gasteiger partial charge in [0.2, 0.25) is 5.91 Å². The lowest BCUT2D eigenvalue weighted by Crippen LogP contribution is -2.14. The number of nitrogens with one attached hydrogen (secondary N) is 2. The number of carbonyl (C=O) groups is 1. The fourth-order valence-corrected chi connectivity index (χ4v) is 6.05. The van der Waals surface area contributed by atoms with Crippen molar-refractivity contribution in [3.63, 3.8) is 0 Å². The smallest absolute Gasteiger partial charge is 0.264 e. The summed E-state index contributed by atoms with van der Waals surface area (Å²) in [4.78, 5) is 11.6. The zero-order chi connectivity index (χ0) is 20.5. The molecule has 5 nitrogen and oxygen atoms in total. The summed E-state index contributed by atoms with van der Waals surface area (Å²) in [5.74, 6) is -0.172. The van der Waals surface area contributed by atoms with E-state index in [1.54, 1.807) is 35.7 Å². The summed E-state index contributed by atoms with van der Waals surface area (Å²) < 4.78 is 28.2. The van der Waals surface area contributed by atoms with Crippen molar-refractivity contribution in [1.29, 1.82) is 0 Å². The molecule has 0 unspecified atom stereocenters. The van der Waals surface area contributed by atoms with Crippen LogP contribution in [0.25, 0.3) is 10.4 Å². The van der Waals surface area contributed by atoms with Gasteiger partial charge in [-0.1, -0.05) is 46.9 Å². The Balaban J connectivity index is 1.93. The van der Waals surface area contributed by atoms with Crippen molar-refractivity contribution < 1.29 is 13.2 Å². The molecule has 0 aliphatic heterocycles. The Labute approximate surface area is 181 Å². The van der Waals surface area contributed by atoms with E-state index in [1.165, 1.54) is 30.4 Å². The molecule has 1 aromatic heterocycles. The normalized spacial score (nSPS) is 11.3. The number of thiophene rings is 1. The first-order valence-corrected chi connectivity index (χ1v) is 11.3. The number of anilines is 2. The summed E-state index contributed by atoms with van der Waals surface area (Å²) in [6.45, 7) is 1.42. The Morgan fingerprint density at radius 1 is 1.00 bits per heavy atom. The quantitative estimate of drug-likeness (QED) is 0.466. The third-order valence-electron chi connectivity index (χ3n) is 3.61. The molecule has 0 spiro atoms. The van der Waals surface area contributed by atoms with Crippen molar-refractivity contribution in [2.24, 2.45) is 0 Å². The number of rotatable bonds is 5. The van der Waals surface area contributed by atoms with Crippen molar-refractivity contribution in [2.45, 2.75) is 11.8 Å². The van der Waals surface area contributed by atoms with Crippen LogP contribution < -0.4 is 10.0 Å². The van der Waals surface area contributed by atoms with Gasteiger partial charge in [0.1, 0.15) is 4.90 Å². The summed E-state index contributed by atoms with van der Waals surface area (Å²) in [5, 5.41) is 4.55. The van der Waals surface area contributed by atoms with Gasteiger partial charge in [0.15, 0.2) is 0 Å². The number of hydrogen-bond acceptors (Lipinski definition) is 4. The highest BCUT2D eigenvalue weighted by Gasteiger charge is 2.24. The molecule has 0 radical (unpaired) electrons. The lowest BCUT2D eigenvalue weighted by Gasteiger charge is -2.12. The molecule has 146 valence electrons. The van der Waals surface area contributed by atoms with Crippen LogP contribution in [0.4, 0.5) is 11.4 Å². The largest absolute Gasteiger partial charge is 0.326 e. The third-order valence-corrected chi connectivity index (χ3v) is 7.08. The Bertz CT molecular complexity index is 1120. The van der Waals surface area contributed by atoms with Gasteiger partial charge < -0.3 is 5.32 Å². The molecule has 28 heavy (non-hydrogen) atoms. The molecule has 0 aliphatic rings. The van der Waals surface area contributed by atoms with Gasteiger partial charge in [0.05, 0.1) is 20.6 Å². The maximum absolute atomic E-state index is 12.8. The van der Waals surface area contributed by atoms with Crippen LogP contribution in [0.3, 0.4) is 0 Å². The molecular weight excluding hydrogens is 463 g/mol. The molecule has 0 atom stereocenters. The topological polar surface area (TPSA) is 75.3 Å². The number of carbonyl (C=O) groups excluding carboxylic acids is 1. The molecule has 0 fully saturated rings. The number of sulfonamides is 1. The summed E-state index contributed by atoms with van der Waals surface area (Å²) in [6.07, 6.45) is 0. The Morgan fingerprint density at radius 2 is 1.61 bits per heavy atom. The molecule has 1 heterocycles. The first-order chi connectivity index (χ1) is 13.2. The van der Waals surface area contributed by atoms with E-state index in [-0.39, 0.29) is 25.9 Å². The standard InChI is InChI=1S/C18H13Cl3N2O3S2/c1-10(24)22-13-4-2-11(3-5-13)17-16(6-7-27-17)23-28(25,26)18-14(20)8-12(19)9-15(18)21/h2-9,23H,1H3,(H,22,24). The first-order valence-electron chi connectivity index (χ1n) is 7.80. The van der Waals surface area contributed by atoms with Gasteiger partial charge in [-0.3, -0.25) is 9.52 Å². The van der Waals surface area contributed by atoms with Crippen LogP contribution in [0.1, 0.15) is 6.92 Å². The Kier molecular flexibility index (Phi) is 6.21. The molecule has 0 bridgehead atoms. The SMILES string of the molecule is CC(=O)Nc1ccc(-c2sccc2NS(=O)(=O)c2c(Cl)cc(Cl)cc2Cl)cc1. The van der Waals surface area contributed by atoms with Crippen LogP contribution in [0, 0.1) is 0 Å². The zero-order valence-electron chi connectivity index (χ0n) is 14.3. The number of hydrogen-bond donors (Lipinski definition) is 2. The summed E-state index contributed by atoms with van der Waals surface area (Å²) in [7, 11) is -4.04. The molecule has 10 heteroatoms. The maximum atomic E-state index is 12.8. The van der Waals surface area contributed by atoms with Gasteiger partial charge in [0.25, 0.3) is 10.0 Å². The molecule has 1 amide bonds. The summed E-state index contributed by atoms with van der Waals surface area (Å²) in [5.41, 5.74) is 1.82. The van der Waals surface area contributed by atoms with E-state index >= 15 is 0 Å². The molecule has 2 N–H and O–H groups in total. The third kappa shape index (κ3) is 4.61. The average Bonchev–Trinajstić information content (AvgIpc) is 3.01. The van der Waals surface area contributed by atoms with Gasteiger partial charge >= 0.3 is 0 Å². The fourth-order valence-electron chi connectivity index (χ4n) is 2.50. The summed E-state index contributed by atoms with van der Waals surface area (Å²) >= 11 is 19.3. The second-order valence-electron chi connectivity index (χ2n) is 5.73. The van der Waals surface area contributed by atoms with E-state index in [2.05, 4.69) is 10.0 Å². The highest BCUT2D eigenvalue weighted by atomic mass is 35.5. The second-order valence-corrected chi connectivity index (χ2v) is 9.51. The molecule has 2 aromatic carbocycles. The van der Waals surface area contributed by atoms with E-state index in [4.69, 9.17) is 34.8 Å². The predicted octanol–water partition coefficient (Wildman–Crippen LogP) is 6.13. The molecule has 3 aromatic rings. The predicted molar refractivity (Wildman–Crippen MR) is 116 cm³/mol. The van der Waals surface area contributed by atoms with Gasteiger partial charge in [-0.2, -0.15) is 0 Å². The Morgan fingerprint density at radius 3 is 2.18 bits per heavy atom. The van der Waals surface area contributed by atoms with Crippen LogP contribution in [-0.4, -0.2) is 14.3 Å². The second kappa shape index (κ2) is 8.31. The molecule has 0 saturated carbocycles. The lowest BCUT2D eigenvalue weighted by molar-refractivity contribution is -0.114. The van der Waals surface area contributed by atoms with E-state index in [1.807, 2.05) is 0 Å². The van der Waals surface area contributed by atoms with E-state index in [9.17, 15) is 13.2 Å². The Hall–Kier alpha value is -1.77. The minimum absolute atomic E-state index is 0.0681. The van der Waals surface area contributed by atoms with Crippen LogP contribution in [0.2, 0.25) is 15.1 Å². The van der Waals surface area contributed by atoms with Gasteiger partial charge in [0, 0.05) is 17.6 Å². The highest BCUT2D eigenvalue weighted by molar-refractivity contribution is 7.93. The zero-order valence-corrected chi connectivity index (χ0v) is 18.2. The molecular formula is C18H13Cl3N2O3S2. The molecule has 3 rings (SSSR count). The number of halogens is 3. The average molecular weight is 476 g/mol. The van der Waals surface area contributed by atoms with E-state index in [0.717, 1.165) is 5.56 Å². The van der Waals surface area contributed by atoms with E-state index in [0.29, 0.717) is 16.3 Å². The summed E-state index contributed by atoms with van der Waals surface area (Å²) in [6, 6.07) is 11.3. The van der Waals surface area contributed by atoms with Crippen molar-refractivity contribution >= 4 is 73.4 Å². The van der Waals surface area contributed by atoms with Gasteiger partial charge in [-0.15, -0.1) is 11.3 Å². The number of benzene rings is 2. The maximum Gasteiger partial charge on any atom is 0.264 e. The van der Waals surface area contributed by atoms with Crippen LogP contribution >= 0.6 is 46.1 Å². The van der Waals surface area contributed by atoms with E-state index < -0.39 is 10.0 Å². The van der Waals surface area contributed by atoms with Gasteiger partial charge in [-0.05, 0) is 41.3 Å². The monoisotopic (exact) mass is 474 g/mol. The van der Waals surface area contributed by atoms with Crippen molar-refractivity contribution in [2.75, 3.05) is 10.0 Å².